The van der Waals surface area contributed by atoms with Crippen LogP contribution in [0.5, 0.6) is 0 Å². The zero-order chi connectivity index (χ0) is 13.3. The van der Waals surface area contributed by atoms with E-state index in [-0.39, 0.29) is 5.56 Å². The van der Waals surface area contributed by atoms with Crippen LogP contribution in [-0.2, 0) is 0 Å². The zero-order valence-electron chi connectivity index (χ0n) is 10.5. The molecule has 0 aliphatic heterocycles. The molecular weight excluding hydrogens is 226 g/mol. The van der Waals surface area contributed by atoms with Crippen LogP contribution in [0, 0.1) is 32.1 Å². The van der Waals surface area contributed by atoms with E-state index < -0.39 is 0 Å². The normalized spacial score (nSPS) is 10.1. The van der Waals surface area contributed by atoms with E-state index in [9.17, 15) is 4.79 Å². The lowest BCUT2D eigenvalue weighted by Gasteiger charge is -2.09. The maximum absolute atomic E-state index is 11.2. The second-order valence-electron chi connectivity index (χ2n) is 4.36. The first-order valence-corrected chi connectivity index (χ1v) is 5.61. The van der Waals surface area contributed by atoms with Gasteiger partial charge in [-0.1, -0.05) is 6.07 Å². The molecule has 0 aliphatic rings. The van der Waals surface area contributed by atoms with Crippen LogP contribution < -0.4 is 5.56 Å². The summed E-state index contributed by atoms with van der Waals surface area (Å²) in [5.74, 6) is 0. The van der Waals surface area contributed by atoms with Gasteiger partial charge >= 0.3 is 0 Å². The first-order valence-electron chi connectivity index (χ1n) is 5.61. The highest BCUT2D eigenvalue weighted by Crippen LogP contribution is 2.26. The van der Waals surface area contributed by atoms with Crippen LogP contribution >= 0.6 is 0 Å². The Morgan fingerprint density at radius 2 is 1.78 bits per heavy atom. The zero-order valence-corrected chi connectivity index (χ0v) is 10.5. The molecule has 0 bridgehead atoms. The lowest BCUT2D eigenvalue weighted by molar-refractivity contribution is 0.987. The molecule has 0 spiro atoms. The smallest absolute Gasteiger partial charge is 0.265 e. The summed E-state index contributed by atoms with van der Waals surface area (Å²) in [6.45, 7) is 6.02. The van der Waals surface area contributed by atoms with Crippen molar-refractivity contribution in [3.8, 4) is 17.3 Å². The van der Waals surface area contributed by atoms with Gasteiger partial charge in [0.2, 0.25) is 0 Å². The number of aromatic nitrogens is 2. The number of nitriles is 1. The van der Waals surface area contributed by atoms with E-state index >= 15 is 0 Å². The van der Waals surface area contributed by atoms with E-state index in [1.54, 1.807) is 0 Å². The van der Waals surface area contributed by atoms with Crippen LogP contribution in [0.4, 0.5) is 0 Å². The third-order valence-corrected chi connectivity index (χ3v) is 3.02. The minimum Gasteiger partial charge on any atom is -0.268 e. The molecule has 0 atom stereocenters. The molecule has 1 aromatic carbocycles. The predicted octanol–water partition coefficient (Wildman–Crippen LogP) is 2.23. The molecule has 1 aromatic heterocycles. The largest absolute Gasteiger partial charge is 0.268 e. The van der Waals surface area contributed by atoms with E-state index in [2.05, 4.69) is 16.3 Å². The molecule has 2 aromatic rings. The Balaban J connectivity index is 2.74. The minimum absolute atomic E-state index is 0.296. The fourth-order valence-electron chi connectivity index (χ4n) is 1.91. The summed E-state index contributed by atoms with van der Waals surface area (Å²) in [6, 6.07) is 7.33. The first kappa shape index (κ1) is 12.1. The van der Waals surface area contributed by atoms with Gasteiger partial charge in [0, 0.05) is 11.6 Å². The highest BCUT2D eigenvalue weighted by molar-refractivity contribution is 5.70. The van der Waals surface area contributed by atoms with Crippen molar-refractivity contribution >= 4 is 0 Å². The Morgan fingerprint density at radius 3 is 2.44 bits per heavy atom. The van der Waals surface area contributed by atoms with Crippen molar-refractivity contribution in [1.29, 1.82) is 5.26 Å². The van der Waals surface area contributed by atoms with Gasteiger partial charge in [0.05, 0.1) is 5.56 Å². The Labute approximate surface area is 105 Å². The number of rotatable bonds is 1. The van der Waals surface area contributed by atoms with Crippen molar-refractivity contribution in [3.63, 3.8) is 0 Å². The summed E-state index contributed by atoms with van der Waals surface area (Å²) >= 11 is 0. The first-order chi connectivity index (χ1) is 8.52. The van der Waals surface area contributed by atoms with Gasteiger partial charge in [-0.2, -0.15) is 10.4 Å². The Morgan fingerprint density at radius 1 is 1.11 bits per heavy atom. The average Bonchev–Trinajstić information content (AvgIpc) is 2.34. The van der Waals surface area contributed by atoms with Gasteiger partial charge in [-0.15, -0.1) is 0 Å². The maximum Gasteiger partial charge on any atom is 0.265 e. The van der Waals surface area contributed by atoms with E-state index in [0.717, 1.165) is 16.7 Å². The molecule has 0 saturated carbocycles. The molecule has 90 valence electrons. The van der Waals surface area contributed by atoms with Gasteiger partial charge in [-0.25, -0.2) is 5.10 Å². The van der Waals surface area contributed by atoms with Crippen LogP contribution in [0.15, 0.2) is 23.0 Å². The number of nitrogens with zero attached hydrogens (tertiary/aromatic N) is 2. The number of nitrogens with one attached hydrogen (secondary N) is 1. The van der Waals surface area contributed by atoms with E-state index in [1.165, 1.54) is 11.6 Å². The number of H-pyrrole nitrogens is 1. The third kappa shape index (κ3) is 2.03. The van der Waals surface area contributed by atoms with Gasteiger partial charge in [0.25, 0.3) is 5.56 Å². The molecule has 0 unspecified atom stereocenters. The Hall–Kier alpha value is -2.41. The standard InChI is InChI=1S/C14H13N3O/c1-8-4-10(3)12(5-9(8)2)14-11(7-15)6-13(18)16-17-14/h4-6H,1-3H3,(H,16,18). The summed E-state index contributed by atoms with van der Waals surface area (Å²) < 4.78 is 0. The van der Waals surface area contributed by atoms with Crippen LogP contribution in [0.3, 0.4) is 0 Å². The maximum atomic E-state index is 11.2. The van der Waals surface area contributed by atoms with Crippen molar-refractivity contribution in [3.05, 3.63) is 50.8 Å². The molecule has 0 aliphatic carbocycles. The topological polar surface area (TPSA) is 69.5 Å². The lowest BCUT2D eigenvalue weighted by atomic mass is 9.97. The lowest BCUT2D eigenvalue weighted by Crippen LogP contribution is -2.09. The van der Waals surface area contributed by atoms with Crippen molar-refractivity contribution in [2.75, 3.05) is 0 Å². The van der Waals surface area contributed by atoms with Crippen molar-refractivity contribution < 1.29 is 0 Å². The number of aromatic amines is 1. The molecule has 4 heteroatoms. The molecule has 18 heavy (non-hydrogen) atoms. The fraction of sp³-hybridized carbons (Fsp3) is 0.214. The minimum atomic E-state index is -0.364. The van der Waals surface area contributed by atoms with Crippen LogP contribution in [0.2, 0.25) is 0 Å². The molecule has 2 rings (SSSR count). The van der Waals surface area contributed by atoms with E-state index in [0.29, 0.717) is 11.3 Å². The van der Waals surface area contributed by atoms with E-state index in [4.69, 9.17) is 5.26 Å². The number of hydrogen-bond donors (Lipinski definition) is 1. The van der Waals surface area contributed by atoms with Gasteiger partial charge in [-0.05, 0) is 43.5 Å². The molecule has 0 fully saturated rings. The quantitative estimate of drug-likeness (QED) is 0.829. The molecule has 4 nitrogen and oxygen atoms in total. The molecular formula is C14H13N3O. The summed E-state index contributed by atoms with van der Waals surface area (Å²) in [7, 11) is 0. The summed E-state index contributed by atoms with van der Waals surface area (Å²) in [5.41, 5.74) is 4.70. The Bertz CT molecular complexity index is 708. The number of hydrogen-bond acceptors (Lipinski definition) is 3. The number of aryl methyl sites for hydroxylation is 3. The van der Waals surface area contributed by atoms with Crippen LogP contribution in [0.25, 0.3) is 11.3 Å². The number of benzene rings is 1. The second-order valence-corrected chi connectivity index (χ2v) is 4.36. The monoisotopic (exact) mass is 239 g/mol. The molecule has 0 saturated heterocycles. The van der Waals surface area contributed by atoms with Crippen LogP contribution in [0.1, 0.15) is 22.3 Å². The van der Waals surface area contributed by atoms with Crippen molar-refractivity contribution in [1.82, 2.24) is 10.2 Å². The predicted molar refractivity (Wildman–Crippen MR) is 69.2 cm³/mol. The Kier molecular flexibility index (Phi) is 2.99. The molecule has 0 radical (unpaired) electrons. The van der Waals surface area contributed by atoms with Gasteiger partial charge in [0.1, 0.15) is 11.8 Å². The van der Waals surface area contributed by atoms with Crippen LogP contribution in [-0.4, -0.2) is 10.2 Å². The molecule has 1 heterocycles. The van der Waals surface area contributed by atoms with Crippen molar-refractivity contribution in [2.45, 2.75) is 20.8 Å². The summed E-state index contributed by atoms with van der Waals surface area (Å²) in [4.78, 5) is 11.2. The third-order valence-electron chi connectivity index (χ3n) is 3.02. The summed E-state index contributed by atoms with van der Waals surface area (Å²) in [5, 5.41) is 15.4. The molecule has 1 N–H and O–H groups in total. The highest BCUT2D eigenvalue weighted by atomic mass is 16.1. The SMILES string of the molecule is Cc1cc(C)c(-c2n[nH]c(=O)cc2C#N)cc1C. The molecule has 0 amide bonds. The fourth-order valence-corrected chi connectivity index (χ4v) is 1.91. The van der Waals surface area contributed by atoms with Gasteiger partial charge in [0.15, 0.2) is 0 Å². The van der Waals surface area contributed by atoms with Gasteiger partial charge < -0.3 is 0 Å². The van der Waals surface area contributed by atoms with E-state index in [1.807, 2.05) is 32.9 Å². The second kappa shape index (κ2) is 4.46. The van der Waals surface area contributed by atoms with Gasteiger partial charge in [-0.3, -0.25) is 4.79 Å². The average molecular weight is 239 g/mol. The van der Waals surface area contributed by atoms with Crippen molar-refractivity contribution in [2.24, 2.45) is 0 Å². The highest BCUT2D eigenvalue weighted by Gasteiger charge is 2.11. The summed E-state index contributed by atoms with van der Waals surface area (Å²) in [6.07, 6.45) is 0.